The van der Waals surface area contributed by atoms with Crippen LogP contribution < -0.4 is 10.5 Å². The number of pyridine rings is 1. The normalized spacial score (nSPS) is 12.3. The fourth-order valence-corrected chi connectivity index (χ4v) is 2.84. The van der Waals surface area contributed by atoms with Crippen LogP contribution in [0.25, 0.3) is 16.9 Å². The predicted octanol–water partition coefficient (Wildman–Crippen LogP) is 4.05. The third-order valence-corrected chi connectivity index (χ3v) is 4.38. The molecule has 0 aliphatic carbocycles. The van der Waals surface area contributed by atoms with Crippen molar-refractivity contribution in [1.29, 1.82) is 0 Å². The lowest BCUT2D eigenvalue weighted by atomic mass is 10.0. The number of aromatic nitrogens is 2. The van der Waals surface area contributed by atoms with Crippen molar-refractivity contribution in [2.45, 2.75) is 12.8 Å². The maximum atomic E-state index is 6.15. The van der Waals surface area contributed by atoms with Crippen LogP contribution in [0.1, 0.15) is 18.5 Å². The van der Waals surface area contributed by atoms with Gasteiger partial charge in [-0.3, -0.25) is 0 Å². The minimum Gasteiger partial charge on any atom is -0.497 e. The van der Waals surface area contributed by atoms with Gasteiger partial charge in [0.05, 0.1) is 28.5 Å². The van der Waals surface area contributed by atoms with Crippen LogP contribution in [-0.4, -0.2) is 21.5 Å². The summed E-state index contributed by atoms with van der Waals surface area (Å²) in [6, 6.07) is 11.4. The molecule has 0 bridgehead atoms. The van der Waals surface area contributed by atoms with E-state index in [0.717, 1.165) is 28.3 Å². The van der Waals surface area contributed by atoms with Gasteiger partial charge in [0.1, 0.15) is 11.4 Å². The summed E-state index contributed by atoms with van der Waals surface area (Å²) in [5, 5.41) is 0.628. The second kappa shape index (κ2) is 6.18. The van der Waals surface area contributed by atoms with Crippen molar-refractivity contribution in [3.8, 4) is 17.0 Å². The lowest BCUT2D eigenvalue weighted by molar-refractivity contribution is 0.415. The van der Waals surface area contributed by atoms with E-state index >= 15 is 0 Å². The van der Waals surface area contributed by atoms with E-state index in [-0.39, 0.29) is 5.92 Å². The highest BCUT2D eigenvalue weighted by atomic mass is 35.5. The molecule has 0 radical (unpaired) electrons. The van der Waals surface area contributed by atoms with Gasteiger partial charge >= 0.3 is 0 Å². The first-order chi connectivity index (χ1) is 11.0. The van der Waals surface area contributed by atoms with Crippen LogP contribution in [0, 0.1) is 0 Å². The minimum atomic E-state index is -0.139. The smallest absolute Gasteiger partial charge is 0.137 e. The van der Waals surface area contributed by atoms with E-state index in [2.05, 4.69) is 0 Å². The predicted molar refractivity (Wildman–Crippen MR) is 97.4 cm³/mol. The van der Waals surface area contributed by atoms with Gasteiger partial charge in [-0.25, -0.2) is 4.98 Å². The van der Waals surface area contributed by atoms with E-state index in [0.29, 0.717) is 10.0 Å². The van der Waals surface area contributed by atoms with Crippen LogP contribution in [-0.2, 0) is 0 Å². The first-order valence-corrected chi connectivity index (χ1v) is 7.91. The van der Waals surface area contributed by atoms with Crippen molar-refractivity contribution in [3.63, 3.8) is 0 Å². The molecule has 2 N–H and O–H groups in total. The van der Waals surface area contributed by atoms with Gasteiger partial charge in [0.2, 0.25) is 0 Å². The Balaban J connectivity index is 2.30. The van der Waals surface area contributed by atoms with Crippen LogP contribution in [0.3, 0.4) is 0 Å². The molecule has 2 heterocycles. The Morgan fingerprint density at radius 1 is 1.35 bits per heavy atom. The topological polar surface area (TPSA) is 52.5 Å². The molecule has 0 aliphatic heterocycles. The number of rotatable bonds is 4. The molecule has 0 amide bonds. The van der Waals surface area contributed by atoms with Crippen molar-refractivity contribution in [2.75, 3.05) is 7.11 Å². The third-order valence-electron chi connectivity index (χ3n) is 3.80. The lowest BCUT2D eigenvalue weighted by Gasteiger charge is -2.13. The third kappa shape index (κ3) is 2.90. The van der Waals surface area contributed by atoms with Crippen molar-refractivity contribution >= 4 is 34.5 Å². The number of halogens is 1. The molecule has 2 aromatic heterocycles. The molecule has 0 spiro atoms. The molecule has 6 heteroatoms. The number of benzene rings is 1. The summed E-state index contributed by atoms with van der Waals surface area (Å²) in [4.78, 5) is 5.15. The molecule has 1 aromatic carbocycles. The summed E-state index contributed by atoms with van der Waals surface area (Å²) in [6.45, 7) is 1.97. The summed E-state index contributed by atoms with van der Waals surface area (Å²) in [5.74, 6) is 0.631. The quantitative estimate of drug-likeness (QED) is 0.725. The number of nitrogens with zero attached hydrogens (tertiary/aromatic N) is 2. The first kappa shape index (κ1) is 15.8. The Labute approximate surface area is 144 Å². The summed E-state index contributed by atoms with van der Waals surface area (Å²) >= 11 is 11.3. The van der Waals surface area contributed by atoms with Gasteiger partial charge in [0, 0.05) is 17.7 Å². The SMILES string of the molecule is COc1cccc(-c2nc3ccc(Cl)cn3c2C(C)C(N)=S)c1. The van der Waals surface area contributed by atoms with Crippen LogP contribution in [0.2, 0.25) is 5.02 Å². The Morgan fingerprint density at radius 3 is 2.83 bits per heavy atom. The average Bonchev–Trinajstić information content (AvgIpc) is 2.92. The van der Waals surface area contributed by atoms with Crippen LogP contribution >= 0.6 is 23.8 Å². The molecule has 1 unspecified atom stereocenters. The molecular weight excluding hydrogens is 330 g/mol. The van der Waals surface area contributed by atoms with E-state index in [1.807, 2.05) is 53.9 Å². The number of fused-ring (bicyclic) bond motifs is 1. The number of nitrogens with two attached hydrogens (primary N) is 1. The fraction of sp³-hybridized carbons (Fsp3) is 0.176. The molecule has 1 atom stereocenters. The van der Waals surface area contributed by atoms with Crippen molar-refractivity contribution < 1.29 is 4.74 Å². The molecule has 0 aliphatic rings. The molecule has 0 saturated heterocycles. The van der Waals surface area contributed by atoms with E-state index in [1.54, 1.807) is 7.11 Å². The molecule has 0 saturated carbocycles. The highest BCUT2D eigenvalue weighted by molar-refractivity contribution is 7.80. The van der Waals surface area contributed by atoms with Crippen LogP contribution in [0.15, 0.2) is 42.6 Å². The van der Waals surface area contributed by atoms with Crippen LogP contribution in [0.5, 0.6) is 5.75 Å². The van der Waals surface area contributed by atoms with Gasteiger partial charge in [-0.2, -0.15) is 0 Å². The van der Waals surface area contributed by atoms with Crippen molar-refractivity contribution in [1.82, 2.24) is 9.38 Å². The molecule has 3 rings (SSSR count). The highest BCUT2D eigenvalue weighted by Gasteiger charge is 2.21. The van der Waals surface area contributed by atoms with Gasteiger partial charge in [-0.1, -0.05) is 42.9 Å². The molecule has 4 nitrogen and oxygen atoms in total. The average molecular weight is 346 g/mol. The maximum absolute atomic E-state index is 6.15. The fourth-order valence-electron chi connectivity index (χ4n) is 2.57. The number of ether oxygens (including phenoxy) is 1. The molecule has 23 heavy (non-hydrogen) atoms. The number of thiocarbonyl (C=S) groups is 1. The van der Waals surface area contributed by atoms with Gasteiger partial charge in [0.15, 0.2) is 0 Å². The van der Waals surface area contributed by atoms with Crippen LogP contribution in [0.4, 0.5) is 0 Å². The molecule has 3 aromatic rings. The Morgan fingerprint density at radius 2 is 2.13 bits per heavy atom. The zero-order chi connectivity index (χ0) is 16.6. The zero-order valence-electron chi connectivity index (χ0n) is 12.8. The lowest BCUT2D eigenvalue weighted by Crippen LogP contribution is -2.18. The Hall–Kier alpha value is -2.11. The van der Waals surface area contributed by atoms with E-state index in [4.69, 9.17) is 39.3 Å². The number of hydrogen-bond donors (Lipinski definition) is 1. The zero-order valence-corrected chi connectivity index (χ0v) is 14.4. The van der Waals surface area contributed by atoms with Gasteiger partial charge in [-0.05, 0) is 24.3 Å². The van der Waals surface area contributed by atoms with Gasteiger partial charge in [0.25, 0.3) is 0 Å². The number of hydrogen-bond acceptors (Lipinski definition) is 3. The second-order valence-corrected chi connectivity index (χ2v) is 6.19. The van der Waals surface area contributed by atoms with Crippen molar-refractivity contribution in [2.24, 2.45) is 5.73 Å². The summed E-state index contributed by atoms with van der Waals surface area (Å²) < 4.78 is 7.26. The standard InChI is InChI=1S/C17H16ClN3OS/c1-10(17(19)23)16-15(11-4-3-5-13(8-11)22-2)20-14-7-6-12(18)9-21(14)16/h3-10H,1-2H3,(H2,19,23). The largest absolute Gasteiger partial charge is 0.497 e. The van der Waals surface area contributed by atoms with Gasteiger partial charge < -0.3 is 14.9 Å². The van der Waals surface area contributed by atoms with E-state index in [1.165, 1.54) is 0 Å². The minimum absolute atomic E-state index is 0.139. The number of methoxy groups -OCH3 is 1. The van der Waals surface area contributed by atoms with Gasteiger partial charge in [-0.15, -0.1) is 0 Å². The molecule has 0 fully saturated rings. The molecular formula is C17H16ClN3OS. The molecule has 118 valence electrons. The monoisotopic (exact) mass is 345 g/mol. The summed E-state index contributed by atoms with van der Waals surface area (Å²) in [6.07, 6.45) is 1.83. The van der Waals surface area contributed by atoms with E-state index in [9.17, 15) is 0 Å². The number of imidazole rings is 1. The summed E-state index contributed by atoms with van der Waals surface area (Å²) in [5.41, 5.74) is 9.38. The highest BCUT2D eigenvalue weighted by Crippen LogP contribution is 2.32. The Bertz CT molecular complexity index is 891. The second-order valence-electron chi connectivity index (χ2n) is 5.28. The van der Waals surface area contributed by atoms with E-state index < -0.39 is 0 Å². The maximum Gasteiger partial charge on any atom is 0.137 e. The Kier molecular flexibility index (Phi) is 4.24. The first-order valence-electron chi connectivity index (χ1n) is 7.12. The summed E-state index contributed by atoms with van der Waals surface area (Å²) in [7, 11) is 1.64. The van der Waals surface area contributed by atoms with Crippen molar-refractivity contribution in [3.05, 3.63) is 53.3 Å².